The molecule has 4 heteroatoms. The second kappa shape index (κ2) is 5.18. The number of hydrogen-bond acceptors (Lipinski definition) is 2. The van der Waals surface area contributed by atoms with Gasteiger partial charge in [0.15, 0.2) is 5.75 Å². The molecule has 0 aliphatic heterocycles. The van der Waals surface area contributed by atoms with Gasteiger partial charge in [-0.25, -0.2) is 4.79 Å². The number of para-hydroxylation sites is 2. The number of aromatic carboxylic acids is 1. The van der Waals surface area contributed by atoms with Crippen molar-refractivity contribution in [3.8, 4) is 11.5 Å². The zero-order chi connectivity index (χ0) is 12.3. The Balaban J connectivity index is 2.41. The molecule has 0 unspecified atom stereocenters. The molecule has 2 aromatic carbocycles. The molecule has 0 atom stereocenters. The standard InChI is InChI=1S/C13H9IO3/c14-11-8-4-7-10(13(15)16)12(11)17-9-5-2-1-3-6-9/h1-8H,(H,15,16). The maximum Gasteiger partial charge on any atom is 0.339 e. The van der Waals surface area contributed by atoms with E-state index in [0.29, 0.717) is 11.5 Å². The van der Waals surface area contributed by atoms with Gasteiger partial charge in [0.2, 0.25) is 0 Å². The molecule has 1 N–H and O–H groups in total. The number of rotatable bonds is 3. The lowest BCUT2D eigenvalue weighted by Gasteiger charge is -2.10. The highest BCUT2D eigenvalue weighted by Gasteiger charge is 2.14. The highest BCUT2D eigenvalue weighted by atomic mass is 127. The van der Waals surface area contributed by atoms with Crippen LogP contribution in [0.1, 0.15) is 10.4 Å². The van der Waals surface area contributed by atoms with Crippen molar-refractivity contribution in [2.75, 3.05) is 0 Å². The first-order chi connectivity index (χ1) is 8.18. The zero-order valence-corrected chi connectivity index (χ0v) is 10.9. The van der Waals surface area contributed by atoms with Crippen LogP contribution in [-0.4, -0.2) is 11.1 Å². The molecule has 2 rings (SSSR count). The molecule has 0 saturated carbocycles. The van der Waals surface area contributed by atoms with Crippen LogP contribution < -0.4 is 4.74 Å². The van der Waals surface area contributed by atoms with Gasteiger partial charge >= 0.3 is 5.97 Å². The van der Waals surface area contributed by atoms with Crippen molar-refractivity contribution >= 4 is 28.6 Å². The number of benzene rings is 2. The van der Waals surface area contributed by atoms with Crippen molar-refractivity contribution < 1.29 is 14.6 Å². The minimum Gasteiger partial charge on any atom is -0.478 e. The van der Waals surface area contributed by atoms with E-state index in [1.54, 1.807) is 18.2 Å². The molecule has 0 aliphatic rings. The Morgan fingerprint density at radius 2 is 1.76 bits per heavy atom. The van der Waals surface area contributed by atoms with Crippen LogP contribution in [0.4, 0.5) is 0 Å². The molecule has 17 heavy (non-hydrogen) atoms. The Morgan fingerprint density at radius 1 is 1.06 bits per heavy atom. The maximum atomic E-state index is 11.1. The normalized spacial score (nSPS) is 9.94. The van der Waals surface area contributed by atoms with Gasteiger partial charge in [0, 0.05) is 0 Å². The van der Waals surface area contributed by atoms with Gasteiger partial charge < -0.3 is 9.84 Å². The Bertz CT molecular complexity index is 538. The molecule has 0 saturated heterocycles. The van der Waals surface area contributed by atoms with Crippen molar-refractivity contribution in [1.29, 1.82) is 0 Å². The van der Waals surface area contributed by atoms with Crippen LogP contribution in [0.15, 0.2) is 48.5 Å². The summed E-state index contributed by atoms with van der Waals surface area (Å²) in [4.78, 5) is 11.1. The molecule has 0 aromatic heterocycles. The Labute approximate surface area is 112 Å². The lowest BCUT2D eigenvalue weighted by molar-refractivity contribution is 0.0694. The van der Waals surface area contributed by atoms with E-state index in [1.165, 1.54) is 6.07 Å². The van der Waals surface area contributed by atoms with Gasteiger partial charge in [-0.1, -0.05) is 24.3 Å². The molecule has 0 radical (unpaired) electrons. The summed E-state index contributed by atoms with van der Waals surface area (Å²) in [7, 11) is 0. The fourth-order valence-electron chi connectivity index (χ4n) is 1.39. The highest BCUT2D eigenvalue weighted by molar-refractivity contribution is 14.1. The van der Waals surface area contributed by atoms with Gasteiger partial charge in [0.1, 0.15) is 11.3 Å². The summed E-state index contributed by atoms with van der Waals surface area (Å²) in [5, 5.41) is 9.08. The molecule has 2 aromatic rings. The lowest BCUT2D eigenvalue weighted by Crippen LogP contribution is -2.01. The molecule has 0 spiro atoms. The molecular formula is C13H9IO3. The number of halogens is 1. The molecule has 0 bridgehead atoms. The predicted molar refractivity (Wildman–Crippen MR) is 72.6 cm³/mol. The van der Waals surface area contributed by atoms with Crippen LogP contribution in [0.25, 0.3) is 0 Å². The van der Waals surface area contributed by atoms with Crippen LogP contribution in [0, 0.1) is 3.57 Å². The van der Waals surface area contributed by atoms with Gasteiger partial charge in [0.05, 0.1) is 3.57 Å². The third kappa shape index (κ3) is 2.76. The van der Waals surface area contributed by atoms with Crippen LogP contribution in [-0.2, 0) is 0 Å². The Morgan fingerprint density at radius 3 is 2.41 bits per heavy atom. The number of carboxylic acid groups (broad SMARTS) is 1. The third-order valence-electron chi connectivity index (χ3n) is 2.16. The van der Waals surface area contributed by atoms with Gasteiger partial charge in [0.25, 0.3) is 0 Å². The minimum absolute atomic E-state index is 0.167. The Kier molecular flexibility index (Phi) is 3.63. The van der Waals surface area contributed by atoms with Crippen molar-refractivity contribution in [1.82, 2.24) is 0 Å². The van der Waals surface area contributed by atoms with E-state index in [4.69, 9.17) is 9.84 Å². The summed E-state index contributed by atoms with van der Waals surface area (Å²) in [6, 6.07) is 14.2. The SMILES string of the molecule is O=C(O)c1cccc(I)c1Oc1ccccc1. The van der Waals surface area contributed by atoms with Crippen molar-refractivity contribution in [2.24, 2.45) is 0 Å². The molecule has 86 valence electrons. The van der Waals surface area contributed by atoms with Crippen LogP contribution in [0.5, 0.6) is 11.5 Å². The average molecular weight is 340 g/mol. The van der Waals surface area contributed by atoms with Gasteiger partial charge in [-0.3, -0.25) is 0 Å². The number of hydrogen-bond donors (Lipinski definition) is 1. The first-order valence-corrected chi connectivity index (χ1v) is 6.01. The second-order valence-corrected chi connectivity index (χ2v) is 4.50. The fraction of sp³-hybridized carbons (Fsp3) is 0. The Hall–Kier alpha value is -1.56. The van der Waals surface area contributed by atoms with Crippen molar-refractivity contribution in [3.63, 3.8) is 0 Å². The van der Waals surface area contributed by atoms with Gasteiger partial charge in [-0.2, -0.15) is 0 Å². The molecule has 3 nitrogen and oxygen atoms in total. The summed E-state index contributed by atoms with van der Waals surface area (Å²) in [6.45, 7) is 0. The monoisotopic (exact) mass is 340 g/mol. The predicted octanol–water partition coefficient (Wildman–Crippen LogP) is 3.78. The lowest BCUT2D eigenvalue weighted by atomic mass is 10.2. The van der Waals surface area contributed by atoms with E-state index in [9.17, 15) is 4.79 Å². The van der Waals surface area contributed by atoms with Gasteiger partial charge in [-0.05, 0) is 46.9 Å². The highest BCUT2D eigenvalue weighted by Crippen LogP contribution is 2.30. The van der Waals surface area contributed by atoms with Crippen LogP contribution in [0.3, 0.4) is 0 Å². The molecule has 0 heterocycles. The van der Waals surface area contributed by atoms with E-state index >= 15 is 0 Å². The summed E-state index contributed by atoms with van der Waals surface area (Å²) in [6.07, 6.45) is 0. The number of carboxylic acids is 1. The topological polar surface area (TPSA) is 46.5 Å². The largest absolute Gasteiger partial charge is 0.478 e. The minimum atomic E-state index is -0.991. The van der Waals surface area contributed by atoms with E-state index in [-0.39, 0.29) is 5.56 Å². The summed E-state index contributed by atoms with van der Waals surface area (Å²) in [5.74, 6) is 0.0142. The van der Waals surface area contributed by atoms with Crippen LogP contribution in [0.2, 0.25) is 0 Å². The smallest absolute Gasteiger partial charge is 0.339 e. The second-order valence-electron chi connectivity index (χ2n) is 3.34. The summed E-state index contributed by atoms with van der Waals surface area (Å²) < 4.78 is 6.38. The van der Waals surface area contributed by atoms with Crippen molar-refractivity contribution in [2.45, 2.75) is 0 Å². The van der Waals surface area contributed by atoms with E-state index < -0.39 is 5.97 Å². The fourth-order valence-corrected chi connectivity index (χ4v) is 2.00. The number of ether oxygens (including phenoxy) is 1. The molecule has 0 amide bonds. The zero-order valence-electron chi connectivity index (χ0n) is 8.76. The van der Waals surface area contributed by atoms with Crippen LogP contribution >= 0.6 is 22.6 Å². The maximum absolute atomic E-state index is 11.1. The molecule has 0 aliphatic carbocycles. The quantitative estimate of drug-likeness (QED) is 0.865. The van der Waals surface area contributed by atoms with Crippen molar-refractivity contribution in [3.05, 3.63) is 57.7 Å². The first-order valence-electron chi connectivity index (χ1n) is 4.93. The number of carbonyl (C=O) groups is 1. The summed E-state index contributed by atoms with van der Waals surface area (Å²) in [5.41, 5.74) is 0.167. The van der Waals surface area contributed by atoms with E-state index in [0.717, 1.165) is 3.57 Å². The summed E-state index contributed by atoms with van der Waals surface area (Å²) >= 11 is 2.06. The molecule has 0 fully saturated rings. The molecular weight excluding hydrogens is 331 g/mol. The van der Waals surface area contributed by atoms with E-state index in [1.807, 2.05) is 24.3 Å². The van der Waals surface area contributed by atoms with Gasteiger partial charge in [-0.15, -0.1) is 0 Å². The average Bonchev–Trinajstić information content (AvgIpc) is 2.33. The van der Waals surface area contributed by atoms with E-state index in [2.05, 4.69) is 22.6 Å². The third-order valence-corrected chi connectivity index (χ3v) is 3.01. The first kappa shape index (κ1) is 11.9.